The monoisotopic (exact) mass is 267 g/mol. The number of carboxylic acid groups (broad SMARTS) is 1. The molecule has 19 heavy (non-hydrogen) atoms. The lowest BCUT2D eigenvalue weighted by Crippen LogP contribution is -2.40. The standard InChI is InChI=1S/C13H21N3O3/c1-5-6-10(12(18)19)15-11(17)9-7-14-16(8-9)13(2,3)4/h7-8,10H,5-6H2,1-4H3,(H,15,17)(H,18,19). The topological polar surface area (TPSA) is 84.2 Å². The number of nitrogens with one attached hydrogen (secondary N) is 1. The fourth-order valence-corrected chi connectivity index (χ4v) is 1.59. The maximum Gasteiger partial charge on any atom is 0.326 e. The smallest absolute Gasteiger partial charge is 0.326 e. The maximum atomic E-state index is 11.9. The molecule has 0 radical (unpaired) electrons. The molecule has 106 valence electrons. The van der Waals surface area contributed by atoms with Crippen LogP contribution in [0.25, 0.3) is 0 Å². The molecular weight excluding hydrogens is 246 g/mol. The minimum atomic E-state index is -1.02. The lowest BCUT2D eigenvalue weighted by atomic mass is 10.1. The second kappa shape index (κ2) is 5.86. The highest BCUT2D eigenvalue weighted by Crippen LogP contribution is 2.13. The van der Waals surface area contributed by atoms with E-state index in [2.05, 4.69) is 10.4 Å². The van der Waals surface area contributed by atoms with Crippen molar-refractivity contribution in [3.63, 3.8) is 0 Å². The third kappa shape index (κ3) is 4.08. The van der Waals surface area contributed by atoms with Gasteiger partial charge in [0, 0.05) is 6.20 Å². The van der Waals surface area contributed by atoms with E-state index in [1.165, 1.54) is 6.20 Å². The summed E-state index contributed by atoms with van der Waals surface area (Å²) in [7, 11) is 0. The molecule has 0 aliphatic heterocycles. The average Bonchev–Trinajstić information content (AvgIpc) is 2.76. The first-order valence-corrected chi connectivity index (χ1v) is 6.34. The van der Waals surface area contributed by atoms with Gasteiger partial charge >= 0.3 is 5.97 Å². The summed E-state index contributed by atoms with van der Waals surface area (Å²) < 4.78 is 1.68. The van der Waals surface area contributed by atoms with E-state index in [0.29, 0.717) is 18.4 Å². The summed E-state index contributed by atoms with van der Waals surface area (Å²) in [6, 6.07) is -0.851. The fourth-order valence-electron chi connectivity index (χ4n) is 1.59. The predicted octanol–water partition coefficient (Wildman–Crippen LogP) is 1.62. The van der Waals surface area contributed by atoms with Crippen LogP contribution in [0.15, 0.2) is 12.4 Å². The minimum Gasteiger partial charge on any atom is -0.480 e. The van der Waals surface area contributed by atoms with Crippen molar-refractivity contribution in [3.05, 3.63) is 18.0 Å². The Bertz CT molecular complexity index is 460. The number of aromatic nitrogens is 2. The molecule has 2 N–H and O–H groups in total. The molecule has 0 aliphatic rings. The largest absolute Gasteiger partial charge is 0.480 e. The molecule has 0 bridgehead atoms. The summed E-state index contributed by atoms with van der Waals surface area (Å²) in [5.74, 6) is -1.42. The van der Waals surface area contributed by atoms with Gasteiger partial charge in [-0.3, -0.25) is 9.48 Å². The third-order valence-electron chi connectivity index (χ3n) is 2.71. The Balaban J connectivity index is 2.78. The number of hydrogen-bond donors (Lipinski definition) is 2. The van der Waals surface area contributed by atoms with Crippen LogP contribution in [-0.2, 0) is 10.3 Å². The van der Waals surface area contributed by atoms with E-state index >= 15 is 0 Å². The molecule has 0 saturated carbocycles. The van der Waals surface area contributed by atoms with Gasteiger partial charge in [0.1, 0.15) is 6.04 Å². The van der Waals surface area contributed by atoms with Crippen molar-refractivity contribution in [1.29, 1.82) is 0 Å². The van der Waals surface area contributed by atoms with Crippen LogP contribution >= 0.6 is 0 Å². The van der Waals surface area contributed by atoms with E-state index in [-0.39, 0.29) is 5.54 Å². The van der Waals surface area contributed by atoms with Crippen molar-refractivity contribution in [2.24, 2.45) is 0 Å². The second-order valence-corrected chi connectivity index (χ2v) is 5.50. The minimum absolute atomic E-state index is 0.214. The van der Waals surface area contributed by atoms with E-state index in [9.17, 15) is 9.59 Å². The molecule has 0 spiro atoms. The zero-order valence-corrected chi connectivity index (χ0v) is 11.8. The number of hydrogen-bond acceptors (Lipinski definition) is 3. The zero-order chi connectivity index (χ0) is 14.6. The van der Waals surface area contributed by atoms with Gasteiger partial charge in [-0.25, -0.2) is 4.79 Å². The Kier molecular flexibility index (Phi) is 4.69. The summed E-state index contributed by atoms with van der Waals surface area (Å²) in [6.45, 7) is 7.79. The molecule has 1 heterocycles. The molecule has 1 aromatic heterocycles. The highest BCUT2D eigenvalue weighted by Gasteiger charge is 2.22. The first-order chi connectivity index (χ1) is 8.75. The molecule has 0 saturated heterocycles. The number of amides is 1. The summed E-state index contributed by atoms with van der Waals surface area (Å²) >= 11 is 0. The van der Waals surface area contributed by atoms with Gasteiger partial charge in [-0.2, -0.15) is 5.10 Å². The van der Waals surface area contributed by atoms with Gasteiger partial charge in [-0.1, -0.05) is 13.3 Å². The van der Waals surface area contributed by atoms with Crippen LogP contribution in [0.2, 0.25) is 0 Å². The zero-order valence-electron chi connectivity index (χ0n) is 11.8. The van der Waals surface area contributed by atoms with E-state index in [0.717, 1.165) is 0 Å². The highest BCUT2D eigenvalue weighted by molar-refractivity contribution is 5.96. The van der Waals surface area contributed by atoms with Crippen LogP contribution in [0.5, 0.6) is 0 Å². The van der Waals surface area contributed by atoms with Gasteiger partial charge in [-0.05, 0) is 27.2 Å². The van der Waals surface area contributed by atoms with Crippen LogP contribution in [0, 0.1) is 0 Å². The lowest BCUT2D eigenvalue weighted by molar-refractivity contribution is -0.139. The van der Waals surface area contributed by atoms with Gasteiger partial charge in [0.05, 0.1) is 17.3 Å². The summed E-state index contributed by atoms with van der Waals surface area (Å²) in [6.07, 6.45) is 4.18. The van der Waals surface area contributed by atoms with Gasteiger partial charge in [0.25, 0.3) is 5.91 Å². The number of rotatable bonds is 5. The van der Waals surface area contributed by atoms with Crippen LogP contribution in [0.3, 0.4) is 0 Å². The van der Waals surface area contributed by atoms with E-state index in [4.69, 9.17) is 5.11 Å². The van der Waals surface area contributed by atoms with Crippen LogP contribution < -0.4 is 5.32 Å². The molecule has 1 rings (SSSR count). The Morgan fingerprint density at radius 2 is 2.11 bits per heavy atom. The first kappa shape index (κ1) is 15.2. The number of aliphatic carboxylic acids is 1. The molecule has 1 aromatic rings. The van der Waals surface area contributed by atoms with Crippen LogP contribution in [-0.4, -0.2) is 32.8 Å². The maximum absolute atomic E-state index is 11.9. The first-order valence-electron chi connectivity index (χ1n) is 6.34. The fraction of sp³-hybridized carbons (Fsp3) is 0.615. The summed E-state index contributed by atoms with van der Waals surface area (Å²) in [5.41, 5.74) is 0.158. The Hall–Kier alpha value is -1.85. The molecule has 1 amide bonds. The molecule has 6 nitrogen and oxygen atoms in total. The van der Waals surface area contributed by atoms with E-state index in [1.54, 1.807) is 10.9 Å². The molecule has 0 aromatic carbocycles. The van der Waals surface area contributed by atoms with Gasteiger partial charge in [-0.15, -0.1) is 0 Å². The van der Waals surface area contributed by atoms with Crippen molar-refractivity contribution in [2.45, 2.75) is 52.1 Å². The second-order valence-electron chi connectivity index (χ2n) is 5.50. The van der Waals surface area contributed by atoms with E-state index in [1.807, 2.05) is 27.7 Å². The summed E-state index contributed by atoms with van der Waals surface area (Å²) in [4.78, 5) is 22.9. The number of nitrogens with zero attached hydrogens (tertiary/aromatic N) is 2. The molecule has 0 fully saturated rings. The SMILES string of the molecule is CCCC(NC(=O)c1cnn(C(C)(C)C)c1)C(=O)O. The van der Waals surface area contributed by atoms with Crippen molar-refractivity contribution >= 4 is 11.9 Å². The molecule has 6 heteroatoms. The Labute approximate surface area is 112 Å². The van der Waals surface area contributed by atoms with Crippen molar-refractivity contribution in [2.75, 3.05) is 0 Å². The van der Waals surface area contributed by atoms with Crippen molar-refractivity contribution < 1.29 is 14.7 Å². The number of carboxylic acids is 1. The van der Waals surface area contributed by atoms with E-state index < -0.39 is 17.9 Å². The quantitative estimate of drug-likeness (QED) is 0.849. The number of carbonyl (C=O) groups is 2. The average molecular weight is 267 g/mol. The van der Waals surface area contributed by atoms with Crippen LogP contribution in [0.1, 0.15) is 50.9 Å². The molecule has 1 unspecified atom stereocenters. The molecule has 0 aliphatic carbocycles. The molecular formula is C13H21N3O3. The van der Waals surface area contributed by atoms with Crippen molar-refractivity contribution in [1.82, 2.24) is 15.1 Å². The van der Waals surface area contributed by atoms with Gasteiger partial charge in [0.2, 0.25) is 0 Å². The Morgan fingerprint density at radius 3 is 2.53 bits per heavy atom. The lowest BCUT2D eigenvalue weighted by Gasteiger charge is -2.18. The Morgan fingerprint density at radius 1 is 1.47 bits per heavy atom. The van der Waals surface area contributed by atoms with Gasteiger partial charge < -0.3 is 10.4 Å². The number of carbonyl (C=O) groups excluding carboxylic acids is 1. The van der Waals surface area contributed by atoms with Crippen molar-refractivity contribution in [3.8, 4) is 0 Å². The highest BCUT2D eigenvalue weighted by atomic mass is 16.4. The summed E-state index contributed by atoms with van der Waals surface area (Å²) in [5, 5.41) is 15.6. The van der Waals surface area contributed by atoms with Gasteiger partial charge in [0.15, 0.2) is 0 Å². The van der Waals surface area contributed by atoms with Crippen LogP contribution in [0.4, 0.5) is 0 Å². The predicted molar refractivity (Wildman–Crippen MR) is 71.0 cm³/mol. The normalized spacial score (nSPS) is 13.1. The molecule has 1 atom stereocenters. The third-order valence-corrected chi connectivity index (χ3v) is 2.71.